The Morgan fingerprint density at radius 3 is 2.14 bits per heavy atom. The third kappa shape index (κ3) is 5.94. The number of aryl methyl sites for hydroxylation is 1. The summed E-state index contributed by atoms with van der Waals surface area (Å²) in [5, 5.41) is 4.73. The van der Waals surface area contributed by atoms with E-state index in [0.29, 0.717) is 6.42 Å². The van der Waals surface area contributed by atoms with E-state index in [0.717, 1.165) is 68.1 Å². The van der Waals surface area contributed by atoms with Crippen molar-refractivity contribution in [3.63, 3.8) is 0 Å². The minimum absolute atomic E-state index is 0.0125. The fourth-order valence-corrected chi connectivity index (χ4v) is 13.5. The number of carbonyl (C=O) groups excluding carboxylic acids is 3. The Bertz CT molecular complexity index is 2050. The van der Waals surface area contributed by atoms with Crippen molar-refractivity contribution in [1.29, 1.82) is 0 Å². The number of nitrogens with zero attached hydrogens (tertiary/aromatic N) is 2. The lowest BCUT2D eigenvalue weighted by Crippen LogP contribution is -2.67. The van der Waals surface area contributed by atoms with Gasteiger partial charge >= 0.3 is 11.9 Å². The maximum absolute atomic E-state index is 15.2. The predicted molar refractivity (Wildman–Crippen MR) is 222 cm³/mol. The van der Waals surface area contributed by atoms with Crippen molar-refractivity contribution in [2.45, 2.75) is 118 Å². The molecule has 3 aromatic rings. The molecule has 5 aliphatic rings. The van der Waals surface area contributed by atoms with Crippen LogP contribution in [0.3, 0.4) is 0 Å². The first-order valence-electron chi connectivity index (χ1n) is 21.4. The predicted octanol–water partition coefficient (Wildman–Crippen LogP) is 10.8. The fourth-order valence-electron chi connectivity index (χ4n) is 13.5. The summed E-state index contributed by atoms with van der Waals surface area (Å²) in [7, 11) is 0. The molecule has 4 saturated carbocycles. The molecule has 1 aromatic heterocycles. The standard InChI is InChI=1S/C50H62N2O5/c1-9-28-56-44(55)50(8)39-20-23-49(7)42(47(39,5)22-21-40(50)52-32-33(2)31-51-52)38(53)29-36-37-30-46(4,25-24-45(37,3)26-27-48(36,49)6)43(54)57-41(34-16-12-10-13-17-34)35-18-14-11-15-19-35/h9-19,29,31-32,37,39-42H,1,20-28,30H2,2-8H3/t37-,39+,40-,42+,45+,46-,47-,48+,49+,50-/m0/s1. The monoisotopic (exact) mass is 770 g/mol. The first kappa shape index (κ1) is 39.6. The molecule has 0 spiro atoms. The maximum Gasteiger partial charge on any atom is 0.314 e. The Hall–Kier alpha value is -4.26. The third-order valence-corrected chi connectivity index (χ3v) is 17.0. The number of esters is 2. The molecule has 5 aliphatic carbocycles. The molecule has 0 radical (unpaired) electrons. The number of allylic oxidation sites excluding steroid dienone is 2. The highest BCUT2D eigenvalue weighted by atomic mass is 16.5. The summed E-state index contributed by atoms with van der Waals surface area (Å²) in [6, 6.07) is 19.9. The van der Waals surface area contributed by atoms with Crippen LogP contribution in [0.1, 0.15) is 128 Å². The molecule has 7 heteroatoms. The Labute approximate surface area is 339 Å². The van der Waals surface area contributed by atoms with E-state index in [1.807, 2.05) is 90.7 Å². The van der Waals surface area contributed by atoms with E-state index in [4.69, 9.17) is 14.6 Å². The number of benzene rings is 2. The highest BCUT2D eigenvalue weighted by molar-refractivity contribution is 5.96. The summed E-state index contributed by atoms with van der Waals surface area (Å²) < 4.78 is 14.5. The molecule has 2 aromatic carbocycles. The largest absolute Gasteiger partial charge is 0.461 e. The van der Waals surface area contributed by atoms with E-state index in [9.17, 15) is 9.59 Å². The number of ether oxygens (including phenoxy) is 2. The Balaban J connectivity index is 1.14. The molecule has 0 saturated heterocycles. The van der Waals surface area contributed by atoms with Crippen LogP contribution in [0.15, 0.2) is 97.4 Å². The fraction of sp³-hybridized carbons (Fsp3) is 0.560. The quantitative estimate of drug-likeness (QED) is 0.167. The van der Waals surface area contributed by atoms with Gasteiger partial charge in [-0.15, -0.1) is 0 Å². The lowest BCUT2D eigenvalue weighted by atomic mass is 9.33. The molecule has 0 amide bonds. The van der Waals surface area contributed by atoms with Gasteiger partial charge in [-0.05, 0) is 135 Å². The molecule has 8 rings (SSSR count). The number of ketones is 1. The van der Waals surface area contributed by atoms with Crippen LogP contribution < -0.4 is 0 Å². The molecule has 302 valence electrons. The number of hydrogen-bond acceptors (Lipinski definition) is 6. The summed E-state index contributed by atoms with van der Waals surface area (Å²) in [5.41, 5.74) is 1.63. The van der Waals surface area contributed by atoms with Gasteiger partial charge in [0.25, 0.3) is 0 Å². The Morgan fingerprint density at radius 1 is 0.877 bits per heavy atom. The van der Waals surface area contributed by atoms with E-state index < -0.39 is 22.3 Å². The minimum atomic E-state index is -0.880. The maximum atomic E-state index is 15.2. The Kier molecular flexibility index (Phi) is 9.68. The van der Waals surface area contributed by atoms with E-state index in [2.05, 4.69) is 48.1 Å². The second-order valence-electron chi connectivity index (χ2n) is 20.1. The van der Waals surface area contributed by atoms with Crippen LogP contribution in [0.4, 0.5) is 0 Å². The topological polar surface area (TPSA) is 87.5 Å². The number of aromatic nitrogens is 2. The molecule has 0 bridgehead atoms. The van der Waals surface area contributed by atoms with Crippen molar-refractivity contribution in [2.24, 2.45) is 50.2 Å². The summed E-state index contributed by atoms with van der Waals surface area (Å²) in [6.45, 7) is 19.7. The Morgan fingerprint density at radius 2 is 1.53 bits per heavy atom. The molecular weight excluding hydrogens is 709 g/mol. The van der Waals surface area contributed by atoms with E-state index in [1.54, 1.807) is 6.08 Å². The van der Waals surface area contributed by atoms with Gasteiger partial charge in [-0.25, -0.2) is 0 Å². The summed E-state index contributed by atoms with van der Waals surface area (Å²) in [6.07, 6.45) is 14.7. The summed E-state index contributed by atoms with van der Waals surface area (Å²) in [4.78, 5) is 44.2. The second-order valence-corrected chi connectivity index (χ2v) is 20.1. The lowest BCUT2D eigenvalue weighted by Gasteiger charge is -2.70. The van der Waals surface area contributed by atoms with Gasteiger partial charge in [-0.3, -0.25) is 19.1 Å². The highest BCUT2D eigenvalue weighted by Gasteiger charge is 2.72. The van der Waals surface area contributed by atoms with Gasteiger partial charge in [0.15, 0.2) is 11.9 Å². The van der Waals surface area contributed by atoms with Crippen LogP contribution in [0.25, 0.3) is 0 Å². The average Bonchev–Trinajstić information content (AvgIpc) is 3.63. The van der Waals surface area contributed by atoms with E-state index in [1.165, 1.54) is 5.57 Å². The molecule has 57 heavy (non-hydrogen) atoms. The van der Waals surface area contributed by atoms with E-state index >= 15 is 4.79 Å². The van der Waals surface area contributed by atoms with Gasteiger partial charge in [0.05, 0.1) is 23.1 Å². The van der Waals surface area contributed by atoms with Gasteiger partial charge in [-0.2, -0.15) is 5.10 Å². The van der Waals surface area contributed by atoms with Crippen LogP contribution in [-0.2, 0) is 23.9 Å². The smallest absolute Gasteiger partial charge is 0.314 e. The molecule has 0 aliphatic heterocycles. The van der Waals surface area contributed by atoms with Gasteiger partial charge < -0.3 is 9.47 Å². The SMILES string of the molecule is C=CCOC(=O)[C@]1(C)[C@@H](n2cc(C)cn2)CC[C@@]2(C)[C@H]1CC[C@]1(C)[C@@H]2C(=O)C=C2[C@@H]3C[C@@](C)(C(=O)OC(c4ccccc4)c4ccccc4)CC[C@]3(C)CC[C@]21C. The van der Waals surface area contributed by atoms with Gasteiger partial charge in [0.1, 0.15) is 6.61 Å². The summed E-state index contributed by atoms with van der Waals surface area (Å²) >= 11 is 0. The number of carbonyl (C=O) groups is 3. The normalized spacial score (nSPS) is 38.5. The van der Waals surface area contributed by atoms with Crippen LogP contribution in [-0.4, -0.2) is 34.1 Å². The third-order valence-electron chi connectivity index (χ3n) is 17.0. The zero-order chi connectivity index (χ0) is 40.6. The van der Waals surface area contributed by atoms with Crippen molar-refractivity contribution in [3.05, 3.63) is 114 Å². The second kappa shape index (κ2) is 13.9. The zero-order valence-corrected chi connectivity index (χ0v) is 35.2. The van der Waals surface area contributed by atoms with Gasteiger partial charge in [-0.1, -0.05) is 107 Å². The number of fused-ring (bicyclic) bond motifs is 7. The van der Waals surface area contributed by atoms with Crippen molar-refractivity contribution in [2.75, 3.05) is 6.61 Å². The molecule has 0 unspecified atom stereocenters. The van der Waals surface area contributed by atoms with Gasteiger partial charge in [0, 0.05) is 12.1 Å². The molecular formula is C50H62N2O5. The summed E-state index contributed by atoms with van der Waals surface area (Å²) in [5.74, 6) is -0.434. The zero-order valence-electron chi connectivity index (χ0n) is 35.2. The lowest BCUT2D eigenvalue weighted by molar-refractivity contribution is -0.207. The molecule has 10 atom stereocenters. The minimum Gasteiger partial charge on any atom is -0.461 e. The van der Waals surface area contributed by atoms with Crippen LogP contribution in [0.5, 0.6) is 0 Å². The van der Waals surface area contributed by atoms with Crippen molar-refractivity contribution >= 4 is 17.7 Å². The molecule has 7 nitrogen and oxygen atoms in total. The van der Waals surface area contributed by atoms with Crippen molar-refractivity contribution in [3.8, 4) is 0 Å². The molecule has 4 fully saturated rings. The van der Waals surface area contributed by atoms with Gasteiger partial charge in [0.2, 0.25) is 0 Å². The van der Waals surface area contributed by atoms with Crippen molar-refractivity contribution in [1.82, 2.24) is 9.78 Å². The number of hydrogen-bond donors (Lipinski definition) is 0. The van der Waals surface area contributed by atoms with E-state index in [-0.39, 0.29) is 64.4 Å². The first-order chi connectivity index (χ1) is 27.0. The van der Waals surface area contributed by atoms with Crippen LogP contribution in [0, 0.1) is 57.2 Å². The average molecular weight is 771 g/mol. The van der Waals surface area contributed by atoms with Crippen LogP contribution >= 0.6 is 0 Å². The molecule has 0 N–H and O–H groups in total. The van der Waals surface area contributed by atoms with Crippen molar-refractivity contribution < 1.29 is 23.9 Å². The highest BCUT2D eigenvalue weighted by Crippen LogP contribution is 2.76. The number of rotatable bonds is 8. The first-order valence-corrected chi connectivity index (χ1v) is 21.4. The van der Waals surface area contributed by atoms with Crippen LogP contribution in [0.2, 0.25) is 0 Å². The molecule has 1 heterocycles.